The number of ether oxygens (including phenoxy) is 1. The molecule has 1 aliphatic rings. The zero-order valence-corrected chi connectivity index (χ0v) is 16.4. The highest BCUT2D eigenvalue weighted by molar-refractivity contribution is 5.81. The van der Waals surface area contributed by atoms with Gasteiger partial charge in [0.05, 0.1) is 0 Å². The Kier molecular flexibility index (Phi) is 5.70. The van der Waals surface area contributed by atoms with Crippen LogP contribution in [-0.4, -0.2) is 53.1 Å². The Hall–Kier alpha value is -3.41. The van der Waals surface area contributed by atoms with Crippen molar-refractivity contribution < 1.29 is 9.53 Å². The van der Waals surface area contributed by atoms with Crippen molar-refractivity contribution in [3.63, 3.8) is 0 Å². The summed E-state index contributed by atoms with van der Waals surface area (Å²) in [5.74, 6) is 1.41. The average molecular weight is 388 g/mol. The molecule has 6 heteroatoms. The number of aromatic nitrogens is 2. The molecule has 0 saturated carbocycles. The smallest absolute Gasteiger partial charge is 0.263 e. The largest absolute Gasteiger partial charge is 0.481 e. The van der Waals surface area contributed by atoms with Crippen molar-refractivity contribution in [1.29, 1.82) is 0 Å². The van der Waals surface area contributed by atoms with Crippen LogP contribution in [-0.2, 0) is 4.79 Å². The predicted octanol–water partition coefficient (Wildman–Crippen LogP) is 3.26. The molecule has 1 aromatic heterocycles. The number of anilines is 1. The summed E-state index contributed by atoms with van der Waals surface area (Å²) in [6.45, 7) is 4.51. The summed E-state index contributed by atoms with van der Waals surface area (Å²) in [5, 5.41) is 0. The van der Waals surface area contributed by atoms with E-state index in [-0.39, 0.29) is 5.91 Å². The molecule has 2 heterocycles. The SMILES string of the molecule is C[C@H](Oc1ccc(-c2ccccc2)cc1)C(=O)N1CCN(c2ncccn2)CC1. The Labute approximate surface area is 170 Å². The Balaban J connectivity index is 1.32. The summed E-state index contributed by atoms with van der Waals surface area (Å²) in [6.07, 6.45) is 2.94. The first-order chi connectivity index (χ1) is 14.2. The molecule has 1 aliphatic heterocycles. The van der Waals surface area contributed by atoms with E-state index in [2.05, 4.69) is 27.0 Å². The van der Waals surface area contributed by atoms with Gasteiger partial charge in [0.25, 0.3) is 5.91 Å². The summed E-state index contributed by atoms with van der Waals surface area (Å²) in [7, 11) is 0. The first-order valence-electron chi connectivity index (χ1n) is 9.83. The van der Waals surface area contributed by atoms with E-state index < -0.39 is 6.10 Å². The molecular weight excluding hydrogens is 364 g/mol. The fourth-order valence-electron chi connectivity index (χ4n) is 3.45. The molecule has 0 bridgehead atoms. The van der Waals surface area contributed by atoms with E-state index in [1.54, 1.807) is 25.4 Å². The Bertz CT molecular complexity index is 924. The third-order valence-corrected chi connectivity index (χ3v) is 5.05. The number of carbonyl (C=O) groups excluding carboxylic acids is 1. The first-order valence-corrected chi connectivity index (χ1v) is 9.83. The average Bonchev–Trinajstić information content (AvgIpc) is 2.80. The maximum Gasteiger partial charge on any atom is 0.263 e. The molecule has 3 aromatic rings. The van der Waals surface area contributed by atoms with Gasteiger partial charge in [0, 0.05) is 38.6 Å². The second-order valence-corrected chi connectivity index (χ2v) is 7.01. The Morgan fingerprint density at radius 2 is 1.48 bits per heavy atom. The molecule has 0 radical (unpaired) electrons. The van der Waals surface area contributed by atoms with E-state index >= 15 is 0 Å². The van der Waals surface area contributed by atoms with Crippen molar-refractivity contribution in [1.82, 2.24) is 14.9 Å². The van der Waals surface area contributed by atoms with Crippen LogP contribution in [0.1, 0.15) is 6.92 Å². The van der Waals surface area contributed by atoms with E-state index in [4.69, 9.17) is 4.74 Å². The number of nitrogens with zero attached hydrogens (tertiary/aromatic N) is 4. The highest BCUT2D eigenvalue weighted by Gasteiger charge is 2.26. The molecule has 0 unspecified atom stereocenters. The van der Waals surface area contributed by atoms with E-state index in [9.17, 15) is 4.79 Å². The van der Waals surface area contributed by atoms with Crippen molar-refractivity contribution in [3.05, 3.63) is 73.1 Å². The highest BCUT2D eigenvalue weighted by Crippen LogP contribution is 2.23. The lowest BCUT2D eigenvalue weighted by Crippen LogP contribution is -2.52. The molecular formula is C23H24N4O2. The minimum atomic E-state index is -0.530. The van der Waals surface area contributed by atoms with Crippen LogP contribution >= 0.6 is 0 Å². The van der Waals surface area contributed by atoms with E-state index in [1.165, 1.54) is 0 Å². The Morgan fingerprint density at radius 3 is 2.14 bits per heavy atom. The van der Waals surface area contributed by atoms with Crippen LogP contribution in [0.2, 0.25) is 0 Å². The van der Waals surface area contributed by atoms with E-state index in [0.29, 0.717) is 37.9 Å². The lowest BCUT2D eigenvalue weighted by molar-refractivity contribution is -0.138. The van der Waals surface area contributed by atoms with Crippen LogP contribution in [0.25, 0.3) is 11.1 Å². The van der Waals surface area contributed by atoms with Crippen LogP contribution in [0, 0.1) is 0 Å². The molecule has 0 N–H and O–H groups in total. The molecule has 29 heavy (non-hydrogen) atoms. The van der Waals surface area contributed by atoms with Gasteiger partial charge in [0.2, 0.25) is 5.95 Å². The summed E-state index contributed by atoms with van der Waals surface area (Å²) in [6, 6.07) is 19.8. The maximum absolute atomic E-state index is 12.8. The number of amides is 1. The third-order valence-electron chi connectivity index (χ3n) is 5.05. The molecule has 1 amide bonds. The zero-order valence-electron chi connectivity index (χ0n) is 16.4. The Morgan fingerprint density at radius 1 is 0.862 bits per heavy atom. The molecule has 0 aliphatic carbocycles. The number of hydrogen-bond donors (Lipinski definition) is 0. The van der Waals surface area contributed by atoms with Crippen molar-refractivity contribution in [2.75, 3.05) is 31.1 Å². The van der Waals surface area contributed by atoms with Gasteiger partial charge >= 0.3 is 0 Å². The topological polar surface area (TPSA) is 58.6 Å². The number of rotatable bonds is 5. The highest BCUT2D eigenvalue weighted by atomic mass is 16.5. The summed E-state index contributed by atoms with van der Waals surface area (Å²) >= 11 is 0. The molecule has 4 rings (SSSR count). The van der Waals surface area contributed by atoms with Crippen LogP contribution in [0.3, 0.4) is 0 Å². The minimum absolute atomic E-state index is 0.00534. The fourth-order valence-corrected chi connectivity index (χ4v) is 3.45. The molecule has 148 valence electrons. The quantitative estimate of drug-likeness (QED) is 0.671. The fraction of sp³-hybridized carbons (Fsp3) is 0.261. The van der Waals surface area contributed by atoms with Crippen molar-refractivity contribution in [3.8, 4) is 16.9 Å². The molecule has 2 aromatic carbocycles. The summed E-state index contributed by atoms with van der Waals surface area (Å²) < 4.78 is 5.90. The van der Waals surface area contributed by atoms with E-state index in [1.807, 2.05) is 47.4 Å². The number of hydrogen-bond acceptors (Lipinski definition) is 5. The van der Waals surface area contributed by atoms with Crippen molar-refractivity contribution in [2.45, 2.75) is 13.0 Å². The van der Waals surface area contributed by atoms with Gasteiger partial charge in [0.15, 0.2) is 6.10 Å². The second kappa shape index (κ2) is 8.73. The van der Waals surface area contributed by atoms with Crippen LogP contribution < -0.4 is 9.64 Å². The third kappa shape index (κ3) is 4.54. The molecule has 6 nitrogen and oxygen atoms in total. The molecule has 1 saturated heterocycles. The maximum atomic E-state index is 12.8. The first kappa shape index (κ1) is 18.9. The molecule has 1 atom stereocenters. The van der Waals surface area contributed by atoms with Crippen molar-refractivity contribution in [2.24, 2.45) is 0 Å². The predicted molar refractivity (Wildman–Crippen MR) is 113 cm³/mol. The number of benzene rings is 2. The van der Waals surface area contributed by atoms with Gasteiger partial charge in [-0.2, -0.15) is 0 Å². The monoisotopic (exact) mass is 388 g/mol. The van der Waals surface area contributed by atoms with Gasteiger partial charge in [-0.3, -0.25) is 4.79 Å². The number of piperazine rings is 1. The lowest BCUT2D eigenvalue weighted by Gasteiger charge is -2.35. The van der Waals surface area contributed by atoms with Crippen LogP contribution in [0.4, 0.5) is 5.95 Å². The molecule has 1 fully saturated rings. The van der Waals surface area contributed by atoms with Crippen LogP contribution in [0.15, 0.2) is 73.1 Å². The zero-order chi connectivity index (χ0) is 20.1. The number of carbonyl (C=O) groups is 1. The van der Waals surface area contributed by atoms with Gasteiger partial charge < -0.3 is 14.5 Å². The minimum Gasteiger partial charge on any atom is -0.481 e. The normalized spacial score (nSPS) is 15.1. The van der Waals surface area contributed by atoms with Gasteiger partial charge in [-0.05, 0) is 36.2 Å². The molecule has 0 spiro atoms. The second-order valence-electron chi connectivity index (χ2n) is 7.01. The van der Waals surface area contributed by atoms with Crippen molar-refractivity contribution >= 4 is 11.9 Å². The standard InChI is InChI=1S/C23H24N4O2/c1-18(29-21-10-8-20(9-11-21)19-6-3-2-4-7-19)22(28)26-14-16-27(17-15-26)23-24-12-5-13-25-23/h2-13,18H,14-17H2,1H3/t18-/m0/s1. The lowest BCUT2D eigenvalue weighted by atomic mass is 10.1. The summed E-state index contributed by atoms with van der Waals surface area (Å²) in [5.41, 5.74) is 2.28. The van der Waals surface area contributed by atoms with Gasteiger partial charge in [-0.1, -0.05) is 42.5 Å². The van der Waals surface area contributed by atoms with Gasteiger partial charge in [-0.25, -0.2) is 9.97 Å². The van der Waals surface area contributed by atoms with Crippen LogP contribution in [0.5, 0.6) is 5.75 Å². The van der Waals surface area contributed by atoms with Gasteiger partial charge in [0.1, 0.15) is 5.75 Å². The van der Waals surface area contributed by atoms with E-state index in [0.717, 1.165) is 11.1 Å². The van der Waals surface area contributed by atoms with Gasteiger partial charge in [-0.15, -0.1) is 0 Å². The summed E-state index contributed by atoms with van der Waals surface area (Å²) in [4.78, 5) is 25.3.